The highest BCUT2D eigenvalue weighted by Gasteiger charge is 2.11. The quantitative estimate of drug-likeness (QED) is 0.841. The van der Waals surface area contributed by atoms with Crippen LogP contribution in [0.5, 0.6) is 0 Å². The molecule has 4 heteroatoms. The third-order valence-electron chi connectivity index (χ3n) is 3.38. The molecule has 2 amide bonds. The second kappa shape index (κ2) is 7.77. The SMILES string of the molecule is CCC(CC)CNC(=O)N(C)Cc1ccc(F)cc1. The van der Waals surface area contributed by atoms with Gasteiger partial charge >= 0.3 is 6.03 Å². The Morgan fingerprint density at radius 1 is 1.26 bits per heavy atom. The second-order valence-corrected chi connectivity index (χ2v) is 4.85. The Morgan fingerprint density at radius 2 is 1.84 bits per heavy atom. The summed E-state index contributed by atoms with van der Waals surface area (Å²) in [7, 11) is 1.74. The molecule has 106 valence electrons. The number of carbonyl (C=O) groups excluding carboxylic acids is 1. The van der Waals surface area contributed by atoms with Crippen LogP contribution in [0.3, 0.4) is 0 Å². The van der Waals surface area contributed by atoms with Crippen molar-refractivity contribution < 1.29 is 9.18 Å². The Bertz CT molecular complexity index is 388. The minimum atomic E-state index is -0.260. The summed E-state index contributed by atoms with van der Waals surface area (Å²) in [4.78, 5) is 13.5. The Balaban J connectivity index is 2.42. The topological polar surface area (TPSA) is 32.3 Å². The molecule has 0 atom stereocenters. The maximum atomic E-state index is 12.8. The first-order valence-electron chi connectivity index (χ1n) is 6.80. The number of carbonyl (C=O) groups is 1. The van der Waals surface area contributed by atoms with Crippen molar-refractivity contribution >= 4 is 6.03 Å². The number of hydrogen-bond acceptors (Lipinski definition) is 1. The summed E-state index contributed by atoms with van der Waals surface area (Å²) in [5, 5.41) is 2.93. The van der Waals surface area contributed by atoms with E-state index in [1.807, 2.05) is 0 Å². The van der Waals surface area contributed by atoms with E-state index in [2.05, 4.69) is 19.2 Å². The lowest BCUT2D eigenvalue weighted by atomic mass is 10.0. The van der Waals surface area contributed by atoms with Crippen molar-refractivity contribution in [3.05, 3.63) is 35.6 Å². The summed E-state index contributed by atoms with van der Waals surface area (Å²) >= 11 is 0. The maximum absolute atomic E-state index is 12.8. The third kappa shape index (κ3) is 5.28. The lowest BCUT2D eigenvalue weighted by Crippen LogP contribution is -2.39. The van der Waals surface area contributed by atoms with Crippen LogP contribution in [0.25, 0.3) is 0 Å². The molecular formula is C15H23FN2O. The van der Waals surface area contributed by atoms with E-state index < -0.39 is 0 Å². The molecule has 1 N–H and O–H groups in total. The molecule has 0 aromatic heterocycles. The highest BCUT2D eigenvalue weighted by molar-refractivity contribution is 5.73. The van der Waals surface area contributed by atoms with Gasteiger partial charge in [0.25, 0.3) is 0 Å². The Labute approximate surface area is 114 Å². The first-order chi connectivity index (χ1) is 9.06. The minimum Gasteiger partial charge on any atom is -0.338 e. The molecule has 0 unspecified atom stereocenters. The largest absolute Gasteiger partial charge is 0.338 e. The van der Waals surface area contributed by atoms with Crippen LogP contribution in [0.1, 0.15) is 32.3 Å². The number of hydrogen-bond donors (Lipinski definition) is 1. The molecule has 0 fully saturated rings. The second-order valence-electron chi connectivity index (χ2n) is 4.85. The van der Waals surface area contributed by atoms with E-state index in [4.69, 9.17) is 0 Å². The lowest BCUT2D eigenvalue weighted by molar-refractivity contribution is 0.204. The fourth-order valence-electron chi connectivity index (χ4n) is 1.88. The predicted molar refractivity (Wildman–Crippen MR) is 75.3 cm³/mol. The van der Waals surface area contributed by atoms with E-state index in [9.17, 15) is 9.18 Å². The van der Waals surface area contributed by atoms with Crippen molar-refractivity contribution in [1.82, 2.24) is 10.2 Å². The number of amides is 2. The van der Waals surface area contributed by atoms with Gasteiger partial charge in [0.05, 0.1) is 0 Å². The van der Waals surface area contributed by atoms with Crippen molar-refractivity contribution in [2.45, 2.75) is 33.2 Å². The maximum Gasteiger partial charge on any atom is 0.317 e. The minimum absolute atomic E-state index is 0.0868. The van der Waals surface area contributed by atoms with Gasteiger partial charge in [-0.2, -0.15) is 0 Å². The molecule has 1 rings (SSSR count). The van der Waals surface area contributed by atoms with E-state index in [0.717, 1.165) is 18.4 Å². The molecule has 0 aliphatic rings. The van der Waals surface area contributed by atoms with Crippen LogP contribution < -0.4 is 5.32 Å². The summed E-state index contributed by atoms with van der Waals surface area (Å²) < 4.78 is 12.8. The van der Waals surface area contributed by atoms with Gasteiger partial charge in [-0.25, -0.2) is 9.18 Å². The highest BCUT2D eigenvalue weighted by atomic mass is 19.1. The van der Waals surface area contributed by atoms with Crippen molar-refractivity contribution in [3.63, 3.8) is 0 Å². The lowest BCUT2D eigenvalue weighted by Gasteiger charge is -2.20. The molecule has 0 bridgehead atoms. The van der Waals surface area contributed by atoms with Gasteiger partial charge < -0.3 is 10.2 Å². The monoisotopic (exact) mass is 266 g/mol. The van der Waals surface area contributed by atoms with Crippen LogP contribution in [-0.2, 0) is 6.54 Å². The zero-order valence-electron chi connectivity index (χ0n) is 11.9. The highest BCUT2D eigenvalue weighted by Crippen LogP contribution is 2.07. The van der Waals surface area contributed by atoms with Gasteiger partial charge in [-0.1, -0.05) is 38.8 Å². The summed E-state index contributed by atoms with van der Waals surface area (Å²) in [6.07, 6.45) is 2.14. The first kappa shape index (κ1) is 15.5. The number of nitrogens with one attached hydrogen (secondary N) is 1. The summed E-state index contributed by atoms with van der Waals surface area (Å²) in [5.74, 6) is 0.271. The van der Waals surface area contributed by atoms with Crippen LogP contribution in [0.15, 0.2) is 24.3 Å². The van der Waals surface area contributed by atoms with E-state index >= 15 is 0 Å². The Kier molecular flexibility index (Phi) is 6.33. The van der Waals surface area contributed by atoms with Crippen LogP contribution >= 0.6 is 0 Å². The number of nitrogens with zero attached hydrogens (tertiary/aromatic N) is 1. The third-order valence-corrected chi connectivity index (χ3v) is 3.38. The molecule has 1 aromatic rings. The standard InChI is InChI=1S/C15H23FN2O/c1-4-12(5-2)10-17-15(19)18(3)11-13-6-8-14(16)9-7-13/h6-9,12H,4-5,10-11H2,1-3H3,(H,17,19). The van der Waals surface area contributed by atoms with E-state index in [1.54, 1.807) is 24.1 Å². The molecule has 0 spiro atoms. The molecule has 0 aliphatic heterocycles. The number of halogens is 1. The normalized spacial score (nSPS) is 10.6. The fraction of sp³-hybridized carbons (Fsp3) is 0.533. The van der Waals surface area contributed by atoms with Crippen LogP contribution in [-0.4, -0.2) is 24.5 Å². The zero-order valence-corrected chi connectivity index (χ0v) is 11.9. The van der Waals surface area contributed by atoms with Gasteiger partial charge in [-0.3, -0.25) is 0 Å². The smallest absolute Gasteiger partial charge is 0.317 e. The van der Waals surface area contributed by atoms with E-state index in [1.165, 1.54) is 12.1 Å². The molecule has 1 aromatic carbocycles. The Morgan fingerprint density at radius 3 is 2.37 bits per heavy atom. The fourth-order valence-corrected chi connectivity index (χ4v) is 1.88. The molecule has 3 nitrogen and oxygen atoms in total. The van der Waals surface area contributed by atoms with Crippen molar-refractivity contribution in [3.8, 4) is 0 Å². The summed E-state index contributed by atoms with van der Waals surface area (Å²) in [6.45, 7) is 5.44. The molecular weight excluding hydrogens is 243 g/mol. The molecule has 0 heterocycles. The van der Waals surface area contributed by atoms with E-state index in [-0.39, 0.29) is 11.8 Å². The van der Waals surface area contributed by atoms with E-state index in [0.29, 0.717) is 19.0 Å². The summed E-state index contributed by atoms with van der Waals surface area (Å²) in [5.41, 5.74) is 0.918. The Hall–Kier alpha value is -1.58. The summed E-state index contributed by atoms with van der Waals surface area (Å²) in [6, 6.07) is 6.12. The molecule has 0 radical (unpaired) electrons. The van der Waals surface area contributed by atoms with Gasteiger partial charge in [0.2, 0.25) is 0 Å². The van der Waals surface area contributed by atoms with Crippen LogP contribution in [0, 0.1) is 11.7 Å². The average Bonchev–Trinajstić information content (AvgIpc) is 2.42. The first-order valence-corrected chi connectivity index (χ1v) is 6.80. The van der Waals surface area contributed by atoms with Gasteiger partial charge in [0.1, 0.15) is 5.82 Å². The average molecular weight is 266 g/mol. The zero-order chi connectivity index (χ0) is 14.3. The van der Waals surface area contributed by atoms with Crippen molar-refractivity contribution in [1.29, 1.82) is 0 Å². The molecule has 0 saturated carbocycles. The number of rotatable bonds is 6. The van der Waals surface area contributed by atoms with Gasteiger partial charge in [0.15, 0.2) is 0 Å². The number of urea groups is 1. The van der Waals surface area contributed by atoms with Gasteiger partial charge in [0, 0.05) is 20.1 Å². The van der Waals surface area contributed by atoms with Crippen molar-refractivity contribution in [2.75, 3.05) is 13.6 Å². The van der Waals surface area contributed by atoms with Gasteiger partial charge in [-0.15, -0.1) is 0 Å². The number of benzene rings is 1. The predicted octanol–water partition coefficient (Wildman–Crippen LogP) is 3.40. The molecule has 0 saturated heterocycles. The van der Waals surface area contributed by atoms with Crippen molar-refractivity contribution in [2.24, 2.45) is 5.92 Å². The molecule has 19 heavy (non-hydrogen) atoms. The molecule has 0 aliphatic carbocycles. The van der Waals surface area contributed by atoms with Crippen LogP contribution in [0.4, 0.5) is 9.18 Å². The van der Waals surface area contributed by atoms with Gasteiger partial charge in [-0.05, 0) is 23.6 Å². The van der Waals surface area contributed by atoms with Crippen LogP contribution in [0.2, 0.25) is 0 Å².